The number of rotatable bonds is 6. The van der Waals surface area contributed by atoms with Crippen molar-refractivity contribution in [2.24, 2.45) is 0 Å². The molecule has 0 saturated carbocycles. The number of carbonyl (C=O) groups excluding carboxylic acids is 3. The van der Waals surface area contributed by atoms with Gasteiger partial charge in [-0.1, -0.05) is 35.9 Å². The van der Waals surface area contributed by atoms with Crippen LogP contribution in [-0.2, 0) is 14.3 Å². The Hall–Kier alpha value is -3.35. The van der Waals surface area contributed by atoms with Crippen LogP contribution in [0.4, 0.5) is 10.5 Å². The van der Waals surface area contributed by atoms with Gasteiger partial charge in [-0.25, -0.2) is 9.59 Å². The van der Waals surface area contributed by atoms with Gasteiger partial charge in [-0.2, -0.15) is 0 Å². The van der Waals surface area contributed by atoms with Gasteiger partial charge < -0.3 is 14.8 Å². The molecule has 7 heteroatoms. The first-order chi connectivity index (χ1) is 12.4. The SMILES string of the molecule is Cc1ccc(NC(=O)NC(=O)COC(=O)COc2ccccc2)c(C)c1. The van der Waals surface area contributed by atoms with Crippen LogP contribution in [0.15, 0.2) is 48.5 Å². The van der Waals surface area contributed by atoms with Crippen LogP contribution in [-0.4, -0.2) is 31.1 Å². The number of ether oxygens (including phenoxy) is 2. The average molecular weight is 356 g/mol. The highest BCUT2D eigenvalue weighted by Crippen LogP contribution is 2.15. The number of para-hydroxylation sites is 1. The van der Waals surface area contributed by atoms with Crippen LogP contribution in [0.25, 0.3) is 0 Å². The summed E-state index contributed by atoms with van der Waals surface area (Å²) in [6.07, 6.45) is 0. The Kier molecular flexibility index (Phi) is 6.73. The highest BCUT2D eigenvalue weighted by atomic mass is 16.6. The number of amides is 3. The van der Waals surface area contributed by atoms with Crippen molar-refractivity contribution in [3.63, 3.8) is 0 Å². The molecular weight excluding hydrogens is 336 g/mol. The summed E-state index contributed by atoms with van der Waals surface area (Å²) in [4.78, 5) is 35.0. The van der Waals surface area contributed by atoms with Gasteiger partial charge in [0, 0.05) is 5.69 Å². The fraction of sp³-hybridized carbons (Fsp3) is 0.211. The number of urea groups is 1. The van der Waals surface area contributed by atoms with Crippen molar-refractivity contribution in [1.29, 1.82) is 0 Å². The molecule has 0 saturated heterocycles. The van der Waals surface area contributed by atoms with Crippen molar-refractivity contribution >= 4 is 23.6 Å². The summed E-state index contributed by atoms with van der Waals surface area (Å²) >= 11 is 0. The summed E-state index contributed by atoms with van der Waals surface area (Å²) in [7, 11) is 0. The Morgan fingerprint density at radius 2 is 1.69 bits per heavy atom. The van der Waals surface area contributed by atoms with E-state index in [1.165, 1.54) is 0 Å². The summed E-state index contributed by atoms with van der Waals surface area (Å²) in [5.41, 5.74) is 2.53. The fourth-order valence-corrected chi connectivity index (χ4v) is 2.12. The zero-order chi connectivity index (χ0) is 18.9. The number of anilines is 1. The highest BCUT2D eigenvalue weighted by molar-refractivity contribution is 6.02. The summed E-state index contributed by atoms with van der Waals surface area (Å²) in [6, 6.07) is 13.5. The Bertz CT molecular complexity index is 790. The molecule has 0 fully saturated rings. The first kappa shape index (κ1) is 19.0. The monoisotopic (exact) mass is 356 g/mol. The highest BCUT2D eigenvalue weighted by Gasteiger charge is 2.12. The van der Waals surface area contributed by atoms with Crippen molar-refractivity contribution < 1.29 is 23.9 Å². The second kappa shape index (κ2) is 9.22. The Morgan fingerprint density at radius 1 is 0.962 bits per heavy atom. The summed E-state index contributed by atoms with van der Waals surface area (Å²) < 4.78 is 9.96. The van der Waals surface area contributed by atoms with E-state index in [0.717, 1.165) is 11.1 Å². The maximum Gasteiger partial charge on any atom is 0.344 e. The normalized spacial score (nSPS) is 9.92. The number of esters is 1. The van der Waals surface area contributed by atoms with Crippen molar-refractivity contribution in [1.82, 2.24) is 5.32 Å². The van der Waals surface area contributed by atoms with Gasteiger partial charge >= 0.3 is 12.0 Å². The molecule has 26 heavy (non-hydrogen) atoms. The molecule has 0 atom stereocenters. The first-order valence-electron chi connectivity index (χ1n) is 7.95. The molecule has 0 aliphatic carbocycles. The van der Waals surface area contributed by atoms with E-state index >= 15 is 0 Å². The lowest BCUT2D eigenvalue weighted by Crippen LogP contribution is -2.37. The van der Waals surface area contributed by atoms with Crippen molar-refractivity contribution in [3.8, 4) is 5.75 Å². The number of imide groups is 1. The molecule has 136 valence electrons. The van der Waals surface area contributed by atoms with E-state index in [-0.39, 0.29) is 6.61 Å². The lowest BCUT2D eigenvalue weighted by atomic mass is 10.1. The molecular formula is C19H20N2O5. The minimum Gasteiger partial charge on any atom is -0.482 e. The van der Waals surface area contributed by atoms with E-state index in [0.29, 0.717) is 11.4 Å². The summed E-state index contributed by atoms with van der Waals surface area (Å²) in [6.45, 7) is 2.89. The van der Waals surface area contributed by atoms with Gasteiger partial charge in [0.2, 0.25) is 0 Å². The molecule has 3 amide bonds. The number of benzene rings is 2. The topological polar surface area (TPSA) is 93.7 Å². The Morgan fingerprint density at radius 3 is 2.38 bits per heavy atom. The maximum absolute atomic E-state index is 11.8. The van der Waals surface area contributed by atoms with Gasteiger partial charge in [-0.05, 0) is 37.6 Å². The molecule has 0 aliphatic rings. The van der Waals surface area contributed by atoms with Crippen molar-refractivity contribution in [2.75, 3.05) is 18.5 Å². The summed E-state index contributed by atoms with van der Waals surface area (Å²) in [5, 5.41) is 4.66. The van der Waals surface area contributed by atoms with Crippen LogP contribution in [0, 0.1) is 13.8 Å². The van der Waals surface area contributed by atoms with Crippen LogP contribution in [0.5, 0.6) is 5.75 Å². The molecule has 2 aromatic carbocycles. The minimum absolute atomic E-state index is 0.327. The zero-order valence-corrected chi connectivity index (χ0v) is 14.6. The molecule has 2 N–H and O–H groups in total. The first-order valence-corrected chi connectivity index (χ1v) is 7.95. The van der Waals surface area contributed by atoms with Gasteiger partial charge in [0.05, 0.1) is 0 Å². The maximum atomic E-state index is 11.8. The Labute approximate surface area is 151 Å². The van der Waals surface area contributed by atoms with E-state index in [2.05, 4.69) is 10.6 Å². The van der Waals surface area contributed by atoms with Gasteiger partial charge in [-0.15, -0.1) is 0 Å². The molecule has 0 radical (unpaired) electrons. The molecule has 0 aromatic heterocycles. The molecule has 0 heterocycles. The lowest BCUT2D eigenvalue weighted by Gasteiger charge is -2.10. The minimum atomic E-state index is -0.736. The molecule has 0 unspecified atom stereocenters. The predicted octanol–water partition coefficient (Wildman–Crippen LogP) is 2.57. The van der Waals surface area contributed by atoms with E-state index in [1.807, 2.05) is 32.0 Å². The molecule has 0 spiro atoms. The molecule has 0 bridgehead atoms. The van der Waals surface area contributed by atoms with Gasteiger partial charge in [0.1, 0.15) is 5.75 Å². The zero-order valence-electron chi connectivity index (χ0n) is 14.6. The van der Waals surface area contributed by atoms with Crippen LogP contribution in [0.1, 0.15) is 11.1 Å². The third-order valence-corrected chi connectivity index (χ3v) is 3.35. The smallest absolute Gasteiger partial charge is 0.344 e. The van der Waals surface area contributed by atoms with E-state index in [1.54, 1.807) is 30.3 Å². The van der Waals surface area contributed by atoms with Crippen molar-refractivity contribution in [2.45, 2.75) is 13.8 Å². The molecule has 0 aliphatic heterocycles. The second-order valence-corrected chi connectivity index (χ2v) is 5.58. The largest absolute Gasteiger partial charge is 0.482 e. The fourth-order valence-electron chi connectivity index (χ4n) is 2.12. The third kappa shape index (κ3) is 6.27. The van der Waals surface area contributed by atoms with Crippen LogP contribution in [0.2, 0.25) is 0 Å². The second-order valence-electron chi connectivity index (χ2n) is 5.58. The van der Waals surface area contributed by atoms with Gasteiger partial charge in [-0.3, -0.25) is 10.1 Å². The van der Waals surface area contributed by atoms with Crippen LogP contribution < -0.4 is 15.4 Å². The molecule has 2 rings (SSSR count). The lowest BCUT2D eigenvalue weighted by molar-refractivity contribution is -0.150. The van der Waals surface area contributed by atoms with E-state index in [4.69, 9.17) is 9.47 Å². The van der Waals surface area contributed by atoms with Crippen LogP contribution in [0.3, 0.4) is 0 Å². The summed E-state index contributed by atoms with van der Waals surface area (Å²) in [5.74, 6) is -0.930. The number of hydrogen-bond donors (Lipinski definition) is 2. The number of hydrogen-bond acceptors (Lipinski definition) is 5. The van der Waals surface area contributed by atoms with Crippen LogP contribution >= 0.6 is 0 Å². The molecule has 7 nitrogen and oxygen atoms in total. The van der Waals surface area contributed by atoms with Crippen molar-refractivity contribution in [3.05, 3.63) is 59.7 Å². The standard InChI is InChI=1S/C19H20N2O5/c1-13-8-9-16(14(2)10-13)20-19(24)21-17(22)11-26-18(23)12-25-15-6-4-3-5-7-15/h3-10H,11-12H2,1-2H3,(H2,20,21,22,24). The number of nitrogens with one attached hydrogen (secondary N) is 2. The average Bonchev–Trinajstić information content (AvgIpc) is 2.61. The third-order valence-electron chi connectivity index (χ3n) is 3.35. The van der Waals surface area contributed by atoms with Gasteiger partial charge in [0.25, 0.3) is 5.91 Å². The number of aryl methyl sites for hydroxylation is 2. The van der Waals surface area contributed by atoms with Gasteiger partial charge in [0.15, 0.2) is 13.2 Å². The number of carbonyl (C=O) groups is 3. The predicted molar refractivity (Wildman–Crippen MR) is 96.0 cm³/mol. The van der Waals surface area contributed by atoms with E-state index < -0.39 is 24.5 Å². The Balaban J connectivity index is 1.70. The molecule has 2 aromatic rings. The van der Waals surface area contributed by atoms with E-state index in [9.17, 15) is 14.4 Å². The quantitative estimate of drug-likeness (QED) is 0.776.